The van der Waals surface area contributed by atoms with Crippen LogP contribution in [0.2, 0.25) is 0 Å². The first-order valence-corrected chi connectivity index (χ1v) is 11.0. The fourth-order valence-corrected chi connectivity index (χ4v) is 3.58. The van der Waals surface area contributed by atoms with Crippen molar-refractivity contribution in [3.05, 3.63) is 29.8 Å². The highest BCUT2D eigenvalue weighted by molar-refractivity contribution is 5.74. The Hall–Kier alpha value is -2.28. The van der Waals surface area contributed by atoms with Gasteiger partial charge in [-0.1, -0.05) is 12.1 Å². The topological polar surface area (TPSA) is 91.1 Å². The zero-order chi connectivity index (χ0) is 23.2. The Bertz CT molecular complexity index is 734. The third-order valence-corrected chi connectivity index (χ3v) is 4.92. The molecule has 2 rings (SSSR count). The quantitative estimate of drug-likeness (QED) is 0.657. The molecule has 0 spiro atoms. The first-order chi connectivity index (χ1) is 14.4. The number of rotatable bonds is 7. The average Bonchev–Trinajstić information content (AvgIpc) is 3.12. The van der Waals surface area contributed by atoms with Gasteiger partial charge in [0.15, 0.2) is 0 Å². The van der Waals surface area contributed by atoms with Crippen LogP contribution in [0, 0.1) is 11.8 Å². The third-order valence-electron chi connectivity index (χ3n) is 4.92. The zero-order valence-electron chi connectivity index (χ0n) is 19.8. The molecule has 1 amide bonds. The first-order valence-electron chi connectivity index (χ1n) is 11.0. The summed E-state index contributed by atoms with van der Waals surface area (Å²) >= 11 is 0. The molecule has 31 heavy (non-hydrogen) atoms. The van der Waals surface area contributed by atoms with Gasteiger partial charge >= 0.3 is 12.1 Å². The first kappa shape index (κ1) is 25.0. The van der Waals surface area contributed by atoms with E-state index in [0.717, 1.165) is 17.7 Å². The molecule has 2 N–H and O–H groups in total. The molecule has 1 fully saturated rings. The summed E-state index contributed by atoms with van der Waals surface area (Å²) in [5.74, 6) is 0.185. The minimum atomic E-state index is -0.571. The normalized spacial score (nSPS) is 17.9. The lowest BCUT2D eigenvalue weighted by Gasteiger charge is -2.28. The Labute approximate surface area is 186 Å². The number of amides is 1. The summed E-state index contributed by atoms with van der Waals surface area (Å²) in [5.41, 5.74) is 5.38. The predicted molar refractivity (Wildman–Crippen MR) is 120 cm³/mol. The second-order valence-corrected chi connectivity index (χ2v) is 10.1. The van der Waals surface area contributed by atoms with Gasteiger partial charge in [0.05, 0.1) is 5.92 Å². The van der Waals surface area contributed by atoms with Crippen LogP contribution >= 0.6 is 0 Å². The van der Waals surface area contributed by atoms with Crippen LogP contribution in [0.25, 0.3) is 0 Å². The van der Waals surface area contributed by atoms with Crippen molar-refractivity contribution in [1.82, 2.24) is 4.90 Å². The van der Waals surface area contributed by atoms with Crippen LogP contribution in [0.3, 0.4) is 0 Å². The van der Waals surface area contributed by atoms with E-state index in [9.17, 15) is 9.59 Å². The standard InChI is InChI=1S/C24H38N2O5/c1-23(2,3)30-21(27)20(15-17-7-9-19(10-8-17)29-14-12-25)18-11-13-26(16-18)22(28)31-24(4,5)6/h7-10,18,20H,11-16,25H2,1-6H3/t18-,20-/m0/s1. The fraction of sp³-hybridized carbons (Fsp3) is 0.667. The molecule has 1 aliphatic rings. The second-order valence-electron chi connectivity index (χ2n) is 10.1. The molecule has 2 atom stereocenters. The number of esters is 1. The number of hydrogen-bond acceptors (Lipinski definition) is 6. The van der Waals surface area contributed by atoms with Gasteiger partial charge in [-0.15, -0.1) is 0 Å². The van der Waals surface area contributed by atoms with E-state index < -0.39 is 11.2 Å². The molecule has 7 heteroatoms. The van der Waals surface area contributed by atoms with E-state index in [1.165, 1.54) is 0 Å². The zero-order valence-corrected chi connectivity index (χ0v) is 19.8. The van der Waals surface area contributed by atoms with Gasteiger partial charge in [0.1, 0.15) is 23.6 Å². The lowest BCUT2D eigenvalue weighted by molar-refractivity contribution is -0.161. The molecule has 0 aromatic heterocycles. The fourth-order valence-electron chi connectivity index (χ4n) is 3.58. The van der Waals surface area contributed by atoms with E-state index in [1.54, 1.807) is 4.90 Å². The SMILES string of the molecule is CC(C)(C)OC(=O)[C@@H](Cc1ccc(OCCN)cc1)[C@H]1CCN(C(=O)OC(C)(C)C)C1. The summed E-state index contributed by atoms with van der Waals surface area (Å²) in [7, 11) is 0. The molecule has 0 radical (unpaired) electrons. The summed E-state index contributed by atoms with van der Waals surface area (Å²) in [5, 5.41) is 0. The minimum absolute atomic E-state index is 0.00975. The van der Waals surface area contributed by atoms with Crippen molar-refractivity contribution in [3.63, 3.8) is 0 Å². The summed E-state index contributed by atoms with van der Waals surface area (Å²) in [6.07, 6.45) is 0.944. The van der Waals surface area contributed by atoms with E-state index in [4.69, 9.17) is 19.9 Å². The van der Waals surface area contributed by atoms with Gasteiger partial charge in [0.2, 0.25) is 0 Å². The number of nitrogens with zero attached hydrogens (tertiary/aromatic N) is 1. The van der Waals surface area contributed by atoms with Crippen molar-refractivity contribution >= 4 is 12.1 Å². The van der Waals surface area contributed by atoms with E-state index in [-0.39, 0.29) is 23.9 Å². The molecular weight excluding hydrogens is 396 g/mol. The van der Waals surface area contributed by atoms with E-state index in [2.05, 4.69) is 0 Å². The Balaban J connectivity index is 2.12. The highest BCUT2D eigenvalue weighted by Gasteiger charge is 2.39. The van der Waals surface area contributed by atoms with Crippen molar-refractivity contribution < 1.29 is 23.8 Å². The molecule has 0 saturated carbocycles. The van der Waals surface area contributed by atoms with Gasteiger partial charge in [0, 0.05) is 19.6 Å². The van der Waals surface area contributed by atoms with Crippen LogP contribution in [0.15, 0.2) is 24.3 Å². The molecule has 0 aliphatic carbocycles. The number of carbonyl (C=O) groups excluding carboxylic acids is 2. The van der Waals surface area contributed by atoms with Crippen molar-refractivity contribution in [3.8, 4) is 5.75 Å². The van der Waals surface area contributed by atoms with Crippen LogP contribution in [0.5, 0.6) is 5.75 Å². The molecule has 1 heterocycles. The molecule has 0 bridgehead atoms. The van der Waals surface area contributed by atoms with Crippen LogP contribution < -0.4 is 10.5 Å². The molecule has 1 aliphatic heterocycles. The van der Waals surface area contributed by atoms with Gasteiger partial charge < -0.3 is 24.8 Å². The van der Waals surface area contributed by atoms with Crippen LogP contribution in [0.4, 0.5) is 4.79 Å². The number of benzene rings is 1. The summed E-state index contributed by atoms with van der Waals surface area (Å²) < 4.78 is 16.8. The largest absolute Gasteiger partial charge is 0.492 e. The van der Waals surface area contributed by atoms with Gasteiger partial charge in [-0.25, -0.2) is 4.79 Å². The number of likely N-dealkylation sites (tertiary alicyclic amines) is 1. The van der Waals surface area contributed by atoms with Gasteiger partial charge in [-0.05, 0) is 78.0 Å². The monoisotopic (exact) mass is 434 g/mol. The molecule has 1 aromatic carbocycles. The van der Waals surface area contributed by atoms with Gasteiger partial charge in [-0.3, -0.25) is 4.79 Å². The maximum Gasteiger partial charge on any atom is 0.410 e. The molecule has 174 valence electrons. The van der Waals surface area contributed by atoms with E-state index >= 15 is 0 Å². The van der Waals surface area contributed by atoms with Crippen molar-refractivity contribution in [2.24, 2.45) is 17.6 Å². The van der Waals surface area contributed by atoms with Gasteiger partial charge in [-0.2, -0.15) is 0 Å². The van der Waals surface area contributed by atoms with E-state index in [1.807, 2.05) is 65.8 Å². The molecule has 0 unspecified atom stereocenters. The summed E-state index contributed by atoms with van der Waals surface area (Å²) in [4.78, 5) is 27.2. The summed E-state index contributed by atoms with van der Waals surface area (Å²) in [6.45, 7) is 13.1. The third kappa shape index (κ3) is 8.40. The Morgan fingerprint density at radius 2 is 1.68 bits per heavy atom. The number of ether oxygens (including phenoxy) is 3. The lowest BCUT2D eigenvalue weighted by Crippen LogP contribution is -2.38. The maximum atomic E-state index is 13.1. The highest BCUT2D eigenvalue weighted by Crippen LogP contribution is 2.31. The van der Waals surface area contributed by atoms with E-state index in [0.29, 0.717) is 32.7 Å². The van der Waals surface area contributed by atoms with Crippen LogP contribution in [-0.2, 0) is 20.7 Å². The number of nitrogens with two attached hydrogens (primary N) is 1. The highest BCUT2D eigenvalue weighted by atomic mass is 16.6. The minimum Gasteiger partial charge on any atom is -0.492 e. The van der Waals surface area contributed by atoms with Crippen molar-refractivity contribution in [2.75, 3.05) is 26.2 Å². The van der Waals surface area contributed by atoms with Crippen LogP contribution in [0.1, 0.15) is 53.5 Å². The molecular formula is C24H38N2O5. The van der Waals surface area contributed by atoms with Gasteiger partial charge in [0.25, 0.3) is 0 Å². The average molecular weight is 435 g/mol. The molecule has 7 nitrogen and oxygen atoms in total. The number of hydrogen-bond donors (Lipinski definition) is 1. The van der Waals surface area contributed by atoms with Crippen LogP contribution in [-0.4, -0.2) is 54.4 Å². The lowest BCUT2D eigenvalue weighted by atomic mass is 9.86. The summed E-state index contributed by atoms with van der Waals surface area (Å²) in [6, 6.07) is 7.70. The molecule has 1 saturated heterocycles. The molecule has 1 aromatic rings. The Kier molecular flexibility index (Phi) is 8.34. The maximum absolute atomic E-state index is 13.1. The van der Waals surface area contributed by atoms with Crippen molar-refractivity contribution in [1.29, 1.82) is 0 Å². The van der Waals surface area contributed by atoms with Crippen molar-refractivity contribution in [2.45, 2.75) is 65.6 Å². The number of carbonyl (C=O) groups is 2. The Morgan fingerprint density at radius 3 is 2.23 bits per heavy atom. The smallest absolute Gasteiger partial charge is 0.410 e. The Morgan fingerprint density at radius 1 is 1.06 bits per heavy atom. The predicted octanol–water partition coefficient (Wildman–Crippen LogP) is 3.78. The second kappa shape index (κ2) is 10.4.